The zero-order valence-corrected chi connectivity index (χ0v) is 14.8. The number of hydrogen-bond donors (Lipinski definition) is 0. The number of halogens is 2. The molecule has 1 saturated heterocycles. The highest BCUT2D eigenvalue weighted by Gasteiger charge is 2.35. The molecule has 1 heterocycles. The summed E-state index contributed by atoms with van der Waals surface area (Å²) < 4.78 is 41.3. The predicted molar refractivity (Wildman–Crippen MR) is 92.0 cm³/mol. The van der Waals surface area contributed by atoms with E-state index in [-0.39, 0.29) is 28.3 Å². The lowest BCUT2D eigenvalue weighted by Crippen LogP contribution is -2.49. The zero-order valence-electron chi connectivity index (χ0n) is 13.2. The molecule has 4 nitrogen and oxygen atoms in total. The second-order valence-electron chi connectivity index (χ2n) is 5.81. The summed E-state index contributed by atoms with van der Waals surface area (Å²) in [6.07, 6.45) is 0. The summed E-state index contributed by atoms with van der Waals surface area (Å²) in [5, 5.41) is 0.193. The highest BCUT2D eigenvalue weighted by Crippen LogP contribution is 2.31. The van der Waals surface area contributed by atoms with Crippen LogP contribution < -0.4 is 0 Å². The van der Waals surface area contributed by atoms with Gasteiger partial charge in [-0.2, -0.15) is 4.31 Å². The van der Waals surface area contributed by atoms with Crippen molar-refractivity contribution in [1.82, 2.24) is 9.21 Å². The van der Waals surface area contributed by atoms with Crippen molar-refractivity contribution < 1.29 is 12.8 Å². The van der Waals surface area contributed by atoms with Gasteiger partial charge < -0.3 is 0 Å². The molecular weight excluding hydrogens is 351 g/mol. The summed E-state index contributed by atoms with van der Waals surface area (Å²) in [4.78, 5) is 2.06. The van der Waals surface area contributed by atoms with Gasteiger partial charge in [-0.3, -0.25) is 4.90 Å². The van der Waals surface area contributed by atoms with Crippen LogP contribution in [-0.2, 0) is 10.0 Å². The van der Waals surface area contributed by atoms with E-state index in [4.69, 9.17) is 11.6 Å². The Kier molecular flexibility index (Phi) is 4.92. The van der Waals surface area contributed by atoms with Crippen molar-refractivity contribution in [2.24, 2.45) is 0 Å². The lowest BCUT2D eigenvalue weighted by Gasteiger charge is -2.39. The summed E-state index contributed by atoms with van der Waals surface area (Å²) in [7, 11) is -1.85. The average molecular weight is 369 g/mol. The largest absolute Gasteiger partial charge is 0.297 e. The van der Waals surface area contributed by atoms with Crippen LogP contribution in [0.1, 0.15) is 11.6 Å². The molecule has 0 spiro atoms. The van der Waals surface area contributed by atoms with Crippen LogP contribution in [0.5, 0.6) is 0 Å². The van der Waals surface area contributed by atoms with Gasteiger partial charge in [-0.05, 0) is 25.2 Å². The minimum atomic E-state index is -3.72. The Hall–Kier alpha value is -1.47. The van der Waals surface area contributed by atoms with Crippen LogP contribution >= 0.6 is 11.6 Å². The van der Waals surface area contributed by atoms with E-state index in [9.17, 15) is 12.8 Å². The van der Waals surface area contributed by atoms with E-state index in [1.165, 1.54) is 16.4 Å². The number of hydrogen-bond acceptors (Lipinski definition) is 3. The molecule has 2 aromatic rings. The molecule has 0 N–H and O–H groups in total. The van der Waals surface area contributed by atoms with Crippen LogP contribution in [0.2, 0.25) is 5.02 Å². The molecule has 0 saturated carbocycles. The maximum atomic E-state index is 14.1. The Morgan fingerprint density at radius 1 is 1.08 bits per heavy atom. The van der Waals surface area contributed by atoms with Crippen LogP contribution in [0, 0.1) is 5.82 Å². The van der Waals surface area contributed by atoms with Crippen LogP contribution in [0.3, 0.4) is 0 Å². The number of sulfonamides is 1. The van der Waals surface area contributed by atoms with Gasteiger partial charge >= 0.3 is 0 Å². The third kappa shape index (κ3) is 3.19. The Bertz CT molecular complexity index is 844. The van der Waals surface area contributed by atoms with E-state index in [1.807, 2.05) is 11.9 Å². The highest BCUT2D eigenvalue weighted by atomic mass is 35.5. The fourth-order valence-corrected chi connectivity index (χ4v) is 4.87. The molecule has 7 heteroatoms. The van der Waals surface area contributed by atoms with Gasteiger partial charge in [-0.25, -0.2) is 12.8 Å². The molecule has 128 valence electrons. The van der Waals surface area contributed by atoms with Crippen LogP contribution in [0.4, 0.5) is 4.39 Å². The van der Waals surface area contributed by atoms with Crippen molar-refractivity contribution in [2.45, 2.75) is 10.9 Å². The number of piperazine rings is 1. The van der Waals surface area contributed by atoms with E-state index in [1.54, 1.807) is 36.4 Å². The second-order valence-corrected chi connectivity index (χ2v) is 8.12. The van der Waals surface area contributed by atoms with Crippen LogP contribution in [0.25, 0.3) is 0 Å². The first-order chi connectivity index (χ1) is 11.4. The maximum absolute atomic E-state index is 14.1. The highest BCUT2D eigenvalue weighted by molar-refractivity contribution is 7.89. The van der Waals surface area contributed by atoms with E-state index in [0.29, 0.717) is 18.7 Å². The molecular formula is C17H18ClFN2O2S. The van der Waals surface area contributed by atoms with E-state index >= 15 is 0 Å². The first-order valence-corrected chi connectivity index (χ1v) is 9.42. The summed E-state index contributed by atoms with van der Waals surface area (Å²) >= 11 is 6.06. The van der Waals surface area contributed by atoms with Gasteiger partial charge in [0.2, 0.25) is 10.0 Å². The summed E-state index contributed by atoms with van der Waals surface area (Å²) in [6, 6.07) is 12.5. The molecule has 0 aromatic heterocycles. The SMILES string of the molecule is CN1CCN(S(=O)(=O)c2ccccc2Cl)CC1c1ccccc1F. The molecule has 1 fully saturated rings. The van der Waals surface area contributed by atoms with Crippen molar-refractivity contribution in [2.75, 3.05) is 26.7 Å². The Labute approximate surface area is 146 Å². The van der Waals surface area contributed by atoms with Crippen LogP contribution in [0.15, 0.2) is 53.4 Å². The molecule has 2 aromatic carbocycles. The number of rotatable bonds is 3. The van der Waals surface area contributed by atoms with Gasteiger partial charge in [0.1, 0.15) is 10.7 Å². The molecule has 0 aliphatic carbocycles. The summed E-state index contributed by atoms with van der Waals surface area (Å²) in [5.41, 5.74) is 0.499. The minimum absolute atomic E-state index is 0.0866. The molecule has 0 amide bonds. The third-order valence-corrected chi connectivity index (χ3v) is 6.69. The lowest BCUT2D eigenvalue weighted by molar-refractivity contribution is 0.145. The molecule has 0 bridgehead atoms. The molecule has 1 aliphatic heterocycles. The van der Waals surface area contributed by atoms with Crippen molar-refractivity contribution in [1.29, 1.82) is 0 Å². The quantitative estimate of drug-likeness (QED) is 0.835. The first-order valence-electron chi connectivity index (χ1n) is 7.60. The summed E-state index contributed by atoms with van der Waals surface area (Å²) in [6.45, 7) is 1.04. The van der Waals surface area contributed by atoms with E-state index in [2.05, 4.69) is 0 Å². The molecule has 3 rings (SSSR count). The smallest absolute Gasteiger partial charge is 0.244 e. The van der Waals surface area contributed by atoms with Crippen molar-refractivity contribution >= 4 is 21.6 Å². The van der Waals surface area contributed by atoms with Crippen LogP contribution in [-0.4, -0.2) is 44.3 Å². The van der Waals surface area contributed by atoms with E-state index < -0.39 is 10.0 Å². The molecule has 1 unspecified atom stereocenters. The topological polar surface area (TPSA) is 40.6 Å². The fourth-order valence-electron chi connectivity index (χ4n) is 2.94. The lowest BCUT2D eigenvalue weighted by atomic mass is 10.0. The number of benzene rings is 2. The van der Waals surface area contributed by atoms with Crippen molar-refractivity contribution in [3.05, 3.63) is 64.9 Å². The normalized spacial score (nSPS) is 20.2. The van der Waals surface area contributed by atoms with Gasteiger partial charge in [0, 0.05) is 25.2 Å². The van der Waals surface area contributed by atoms with Gasteiger partial charge in [-0.15, -0.1) is 0 Å². The molecule has 1 aliphatic rings. The predicted octanol–water partition coefficient (Wildman–Crippen LogP) is 3.16. The Morgan fingerprint density at radius 3 is 2.46 bits per heavy atom. The van der Waals surface area contributed by atoms with Gasteiger partial charge in [0.15, 0.2) is 0 Å². The fraction of sp³-hybridized carbons (Fsp3) is 0.294. The molecule has 24 heavy (non-hydrogen) atoms. The summed E-state index contributed by atoms with van der Waals surface area (Å²) in [5.74, 6) is -0.327. The van der Waals surface area contributed by atoms with Gasteiger partial charge in [0.25, 0.3) is 0 Å². The third-order valence-electron chi connectivity index (χ3n) is 4.33. The van der Waals surface area contributed by atoms with Gasteiger partial charge in [-0.1, -0.05) is 41.9 Å². The first kappa shape index (κ1) is 17.4. The number of nitrogens with zero attached hydrogens (tertiary/aromatic N) is 2. The average Bonchev–Trinajstić information content (AvgIpc) is 2.56. The Balaban J connectivity index is 1.94. The maximum Gasteiger partial charge on any atom is 0.244 e. The second kappa shape index (κ2) is 6.80. The Morgan fingerprint density at radius 2 is 1.75 bits per heavy atom. The monoisotopic (exact) mass is 368 g/mol. The van der Waals surface area contributed by atoms with Gasteiger partial charge in [0.05, 0.1) is 11.1 Å². The zero-order chi connectivity index (χ0) is 17.3. The van der Waals surface area contributed by atoms with Crippen molar-refractivity contribution in [3.8, 4) is 0 Å². The van der Waals surface area contributed by atoms with E-state index in [0.717, 1.165) is 0 Å². The van der Waals surface area contributed by atoms with Crippen molar-refractivity contribution in [3.63, 3.8) is 0 Å². The standard InChI is InChI=1S/C17H18ClFN2O2S/c1-20-10-11-21(12-16(20)13-6-2-4-8-15(13)19)24(22,23)17-9-5-3-7-14(17)18/h2-9,16H,10-12H2,1H3. The minimum Gasteiger partial charge on any atom is -0.297 e. The number of likely N-dealkylation sites (N-methyl/N-ethyl adjacent to an activating group) is 1. The molecule has 1 atom stereocenters. The molecule has 0 radical (unpaired) electrons.